The van der Waals surface area contributed by atoms with Gasteiger partial charge in [0, 0.05) is 11.4 Å². The van der Waals surface area contributed by atoms with Gasteiger partial charge in [-0.3, -0.25) is 4.79 Å². The number of halogens is 2. The van der Waals surface area contributed by atoms with Crippen LogP contribution >= 0.6 is 11.8 Å². The number of methoxy groups -OCH3 is 1. The number of anilines is 5. The summed E-state index contributed by atoms with van der Waals surface area (Å²) in [6, 6.07) is 18.5. The molecule has 3 aromatic carbocycles. The Morgan fingerprint density at radius 1 is 0.829 bits per heavy atom. The second-order valence-corrected chi connectivity index (χ2v) is 8.01. The highest BCUT2D eigenvalue weighted by Crippen LogP contribution is 2.25. The number of hydrogen-bond acceptors (Lipinski definition) is 8. The van der Waals surface area contributed by atoms with E-state index in [-0.39, 0.29) is 40.3 Å². The zero-order valence-electron chi connectivity index (χ0n) is 18.5. The summed E-state index contributed by atoms with van der Waals surface area (Å²) in [5.74, 6) is -0.0887. The van der Waals surface area contributed by atoms with Gasteiger partial charge in [-0.2, -0.15) is 15.0 Å². The van der Waals surface area contributed by atoms with Crippen molar-refractivity contribution in [2.45, 2.75) is 5.16 Å². The Labute approximate surface area is 204 Å². The van der Waals surface area contributed by atoms with E-state index in [9.17, 15) is 13.6 Å². The van der Waals surface area contributed by atoms with Crippen molar-refractivity contribution in [3.8, 4) is 5.75 Å². The highest BCUT2D eigenvalue weighted by atomic mass is 32.2. The first kappa shape index (κ1) is 23.9. The molecule has 1 heterocycles. The fourth-order valence-corrected chi connectivity index (χ4v) is 3.56. The lowest BCUT2D eigenvalue weighted by Gasteiger charge is -2.11. The normalized spacial score (nSPS) is 10.5. The van der Waals surface area contributed by atoms with Gasteiger partial charge in [0.15, 0.2) is 5.16 Å². The molecule has 0 saturated heterocycles. The van der Waals surface area contributed by atoms with Crippen LogP contribution < -0.4 is 20.7 Å². The molecule has 0 aliphatic rings. The molecule has 3 N–H and O–H groups in total. The second kappa shape index (κ2) is 11.3. The lowest BCUT2D eigenvalue weighted by molar-refractivity contribution is -0.113. The Bertz CT molecular complexity index is 1240. The number of thioether (sulfide) groups is 1. The summed E-state index contributed by atoms with van der Waals surface area (Å²) < 4.78 is 31.7. The molecule has 0 saturated carbocycles. The van der Waals surface area contributed by atoms with E-state index >= 15 is 0 Å². The van der Waals surface area contributed by atoms with Crippen molar-refractivity contribution in [2.24, 2.45) is 0 Å². The molecule has 0 unspecified atom stereocenters. The molecule has 0 fully saturated rings. The van der Waals surface area contributed by atoms with Gasteiger partial charge in [0.05, 0.1) is 18.6 Å². The van der Waals surface area contributed by atoms with Crippen LogP contribution in [0.3, 0.4) is 0 Å². The second-order valence-electron chi connectivity index (χ2n) is 7.07. The molecular weight excluding hydrogens is 474 g/mol. The number of carbonyl (C=O) groups is 1. The van der Waals surface area contributed by atoms with Crippen molar-refractivity contribution >= 4 is 46.6 Å². The monoisotopic (exact) mass is 494 g/mol. The average Bonchev–Trinajstić information content (AvgIpc) is 2.86. The minimum atomic E-state index is -0.373. The molecule has 11 heteroatoms. The van der Waals surface area contributed by atoms with E-state index in [1.165, 1.54) is 31.4 Å². The Balaban J connectivity index is 1.51. The molecule has 8 nitrogen and oxygen atoms in total. The number of nitrogens with zero attached hydrogens (tertiary/aromatic N) is 3. The van der Waals surface area contributed by atoms with Crippen LogP contribution in [0.25, 0.3) is 0 Å². The summed E-state index contributed by atoms with van der Waals surface area (Å²) in [5.41, 5.74) is 1.68. The molecule has 0 spiro atoms. The van der Waals surface area contributed by atoms with Gasteiger partial charge in [0.1, 0.15) is 17.4 Å². The van der Waals surface area contributed by atoms with Gasteiger partial charge in [-0.1, -0.05) is 23.9 Å². The fourth-order valence-electron chi connectivity index (χ4n) is 2.92. The smallest absolute Gasteiger partial charge is 0.234 e. The third kappa shape index (κ3) is 6.87. The number of ether oxygens (including phenoxy) is 1. The predicted octanol–water partition coefficient (Wildman–Crippen LogP) is 5.38. The first-order valence-electron chi connectivity index (χ1n) is 10.4. The summed E-state index contributed by atoms with van der Waals surface area (Å²) in [4.78, 5) is 25.5. The molecule has 0 bridgehead atoms. The van der Waals surface area contributed by atoms with Gasteiger partial charge < -0.3 is 20.7 Å². The number of hydrogen-bond donors (Lipinski definition) is 3. The number of aromatic nitrogens is 3. The standard InChI is InChI=1S/C24H20F2N6O2S/c1-34-20-5-3-2-4-19(20)29-21(33)14-35-24-31-22(27-17-10-6-15(25)7-11-17)30-23(32-24)28-18-12-8-16(26)9-13-18/h2-13H,14H2,1H3,(H,29,33)(H2,27,28,30,31,32). The zero-order chi connectivity index (χ0) is 24.6. The zero-order valence-corrected chi connectivity index (χ0v) is 19.3. The van der Waals surface area contributed by atoms with E-state index in [1.807, 2.05) is 0 Å². The van der Waals surface area contributed by atoms with Crippen LogP contribution in [-0.4, -0.2) is 33.7 Å². The first-order valence-corrected chi connectivity index (χ1v) is 11.3. The van der Waals surface area contributed by atoms with E-state index in [0.717, 1.165) is 11.8 Å². The van der Waals surface area contributed by atoms with Crippen molar-refractivity contribution in [2.75, 3.05) is 28.8 Å². The molecule has 178 valence electrons. The maximum absolute atomic E-state index is 13.2. The summed E-state index contributed by atoms with van der Waals surface area (Å²) in [5, 5.41) is 9.04. The molecule has 35 heavy (non-hydrogen) atoms. The molecule has 0 aliphatic carbocycles. The first-order chi connectivity index (χ1) is 17.0. The minimum Gasteiger partial charge on any atom is -0.495 e. The Morgan fingerprint density at radius 2 is 1.37 bits per heavy atom. The van der Waals surface area contributed by atoms with E-state index in [0.29, 0.717) is 22.8 Å². The minimum absolute atomic E-state index is 0.0219. The van der Waals surface area contributed by atoms with Crippen LogP contribution in [0.15, 0.2) is 78.0 Å². The van der Waals surface area contributed by atoms with Gasteiger partial charge in [-0.05, 0) is 60.7 Å². The number of para-hydroxylation sites is 2. The molecule has 0 radical (unpaired) electrons. The molecule has 0 aliphatic heterocycles. The van der Waals surface area contributed by atoms with Crippen LogP contribution in [0.2, 0.25) is 0 Å². The summed E-state index contributed by atoms with van der Waals surface area (Å²) in [6.45, 7) is 0. The largest absolute Gasteiger partial charge is 0.495 e. The van der Waals surface area contributed by atoms with Gasteiger partial charge in [0.25, 0.3) is 0 Å². The van der Waals surface area contributed by atoms with Crippen LogP contribution in [0.4, 0.5) is 37.7 Å². The van der Waals surface area contributed by atoms with E-state index < -0.39 is 0 Å². The van der Waals surface area contributed by atoms with E-state index in [2.05, 4.69) is 30.9 Å². The highest BCUT2D eigenvalue weighted by Gasteiger charge is 2.12. The van der Waals surface area contributed by atoms with Gasteiger partial charge >= 0.3 is 0 Å². The maximum atomic E-state index is 13.2. The summed E-state index contributed by atoms with van der Waals surface area (Å²) >= 11 is 1.10. The number of carbonyl (C=O) groups excluding carboxylic acids is 1. The van der Waals surface area contributed by atoms with Gasteiger partial charge in [0.2, 0.25) is 17.8 Å². The lowest BCUT2D eigenvalue weighted by atomic mass is 10.3. The quantitative estimate of drug-likeness (QED) is 0.267. The van der Waals surface area contributed by atoms with Crippen molar-refractivity contribution in [3.05, 3.63) is 84.4 Å². The van der Waals surface area contributed by atoms with Crippen molar-refractivity contribution < 1.29 is 18.3 Å². The lowest BCUT2D eigenvalue weighted by Crippen LogP contribution is -2.15. The number of benzene rings is 3. The molecule has 4 rings (SSSR count). The van der Waals surface area contributed by atoms with Crippen molar-refractivity contribution in [3.63, 3.8) is 0 Å². The maximum Gasteiger partial charge on any atom is 0.234 e. The summed E-state index contributed by atoms with van der Waals surface area (Å²) in [7, 11) is 1.52. The van der Waals surface area contributed by atoms with Gasteiger partial charge in [-0.15, -0.1) is 0 Å². The highest BCUT2D eigenvalue weighted by molar-refractivity contribution is 7.99. The molecule has 0 atom stereocenters. The molecule has 4 aromatic rings. The van der Waals surface area contributed by atoms with Crippen molar-refractivity contribution in [1.82, 2.24) is 15.0 Å². The van der Waals surface area contributed by atoms with Crippen LogP contribution in [0.1, 0.15) is 0 Å². The fraction of sp³-hybridized carbons (Fsp3) is 0.0833. The van der Waals surface area contributed by atoms with Crippen LogP contribution in [-0.2, 0) is 4.79 Å². The van der Waals surface area contributed by atoms with Crippen LogP contribution in [0, 0.1) is 11.6 Å². The topological polar surface area (TPSA) is 101 Å². The Morgan fingerprint density at radius 3 is 1.91 bits per heavy atom. The van der Waals surface area contributed by atoms with Crippen molar-refractivity contribution in [1.29, 1.82) is 0 Å². The molecular formula is C24H20F2N6O2S. The number of nitrogens with one attached hydrogen (secondary N) is 3. The van der Waals surface area contributed by atoms with E-state index in [1.54, 1.807) is 48.5 Å². The number of amides is 1. The third-order valence-electron chi connectivity index (χ3n) is 4.53. The Hall–Kier alpha value is -4.25. The third-order valence-corrected chi connectivity index (χ3v) is 5.38. The summed E-state index contributed by atoms with van der Waals surface area (Å²) in [6.07, 6.45) is 0. The predicted molar refractivity (Wildman–Crippen MR) is 132 cm³/mol. The van der Waals surface area contributed by atoms with E-state index in [4.69, 9.17) is 4.74 Å². The SMILES string of the molecule is COc1ccccc1NC(=O)CSc1nc(Nc2ccc(F)cc2)nc(Nc2ccc(F)cc2)n1. The molecule has 1 amide bonds. The number of rotatable bonds is 9. The Kier molecular flexibility index (Phi) is 7.68. The average molecular weight is 495 g/mol. The molecule has 1 aromatic heterocycles. The van der Waals surface area contributed by atoms with Gasteiger partial charge in [-0.25, -0.2) is 8.78 Å². The van der Waals surface area contributed by atoms with Crippen LogP contribution in [0.5, 0.6) is 5.75 Å².